The van der Waals surface area contributed by atoms with Crippen LogP contribution in [0.4, 0.5) is 0 Å². The molecule has 1 unspecified atom stereocenters. The normalized spacial score (nSPS) is 12.3. The van der Waals surface area contributed by atoms with E-state index in [-0.39, 0.29) is 29.9 Å². The van der Waals surface area contributed by atoms with Gasteiger partial charge in [-0.2, -0.15) is 0 Å². The van der Waals surface area contributed by atoms with Crippen molar-refractivity contribution in [2.45, 2.75) is 60.0 Å². The highest BCUT2D eigenvalue weighted by molar-refractivity contribution is 14.0. The molecule has 3 N–H and O–H groups in total. The van der Waals surface area contributed by atoms with E-state index in [0.717, 1.165) is 24.5 Å². The Morgan fingerprint density at radius 2 is 1.77 bits per heavy atom. The number of nitrogens with one attached hydrogen (secondary N) is 3. The Balaban J connectivity index is 0.00000625. The van der Waals surface area contributed by atoms with Crippen molar-refractivity contribution >= 4 is 35.8 Å². The quantitative estimate of drug-likeness (QED) is 0.289. The number of aliphatic imine (C=N–C) groups is 1. The third-order valence-corrected chi connectivity index (χ3v) is 3.85. The molecule has 0 spiro atoms. The second kappa shape index (κ2) is 13.8. The number of nitrogens with zero attached hydrogens (tertiary/aromatic N) is 1. The predicted molar refractivity (Wildman–Crippen MR) is 121 cm³/mol. The highest BCUT2D eigenvalue weighted by atomic mass is 127. The predicted octanol–water partition coefficient (Wildman–Crippen LogP) is 3.93. The van der Waals surface area contributed by atoms with Gasteiger partial charge in [0.15, 0.2) is 5.96 Å². The van der Waals surface area contributed by atoms with Gasteiger partial charge in [0.1, 0.15) is 0 Å². The first-order valence-electron chi connectivity index (χ1n) is 9.38. The molecule has 1 aromatic carbocycles. The van der Waals surface area contributed by atoms with Crippen LogP contribution in [0.15, 0.2) is 29.3 Å². The number of amides is 1. The lowest BCUT2D eigenvalue weighted by Crippen LogP contribution is -2.42. The van der Waals surface area contributed by atoms with E-state index in [4.69, 9.17) is 0 Å². The minimum atomic E-state index is -0.0410. The summed E-state index contributed by atoms with van der Waals surface area (Å²) in [7, 11) is 0. The summed E-state index contributed by atoms with van der Waals surface area (Å²) in [5.74, 6) is 1.49. The molecule has 1 aromatic rings. The van der Waals surface area contributed by atoms with Crippen molar-refractivity contribution in [2.24, 2.45) is 10.9 Å². The fraction of sp³-hybridized carbons (Fsp3) is 0.600. The zero-order valence-corrected chi connectivity index (χ0v) is 19.1. The Labute approximate surface area is 175 Å². The topological polar surface area (TPSA) is 65.5 Å². The fourth-order valence-corrected chi connectivity index (χ4v) is 2.45. The van der Waals surface area contributed by atoms with Gasteiger partial charge in [0.25, 0.3) is 5.91 Å². The first-order valence-corrected chi connectivity index (χ1v) is 9.38. The van der Waals surface area contributed by atoms with Crippen LogP contribution < -0.4 is 16.0 Å². The van der Waals surface area contributed by atoms with Gasteiger partial charge in [0, 0.05) is 24.7 Å². The lowest BCUT2D eigenvalue weighted by Gasteiger charge is -2.18. The molecule has 1 amide bonds. The van der Waals surface area contributed by atoms with E-state index >= 15 is 0 Å². The molecule has 1 atom stereocenters. The average Bonchev–Trinajstić information content (AvgIpc) is 2.58. The van der Waals surface area contributed by atoms with Gasteiger partial charge in [-0.15, -0.1) is 24.0 Å². The Bertz CT molecular complexity index is 560. The number of hydrogen-bond acceptors (Lipinski definition) is 2. The molecule has 0 radical (unpaired) electrons. The van der Waals surface area contributed by atoms with Crippen molar-refractivity contribution in [1.82, 2.24) is 16.0 Å². The van der Waals surface area contributed by atoms with Crippen molar-refractivity contribution in [3.63, 3.8) is 0 Å². The van der Waals surface area contributed by atoms with E-state index in [0.29, 0.717) is 30.6 Å². The Kier molecular flexibility index (Phi) is 13.1. The molecule has 0 saturated carbocycles. The van der Waals surface area contributed by atoms with Crippen LogP contribution in [0.1, 0.15) is 63.4 Å². The Hall–Kier alpha value is -1.31. The summed E-state index contributed by atoms with van der Waals surface area (Å²) in [5.41, 5.74) is 1.70. The number of carbonyl (C=O) groups is 1. The molecule has 0 aromatic heterocycles. The molecule has 1 rings (SSSR count). The molecule has 148 valence electrons. The molecule has 0 aliphatic rings. The van der Waals surface area contributed by atoms with Gasteiger partial charge in [-0.3, -0.25) is 4.79 Å². The molecular weight excluding hydrogens is 439 g/mol. The monoisotopic (exact) mass is 474 g/mol. The van der Waals surface area contributed by atoms with Crippen molar-refractivity contribution < 1.29 is 4.79 Å². The Morgan fingerprint density at radius 3 is 2.38 bits per heavy atom. The van der Waals surface area contributed by atoms with Gasteiger partial charge in [-0.05, 0) is 57.2 Å². The maximum atomic E-state index is 11.9. The molecule has 0 saturated heterocycles. The third-order valence-electron chi connectivity index (χ3n) is 3.85. The molecule has 0 heterocycles. The summed E-state index contributed by atoms with van der Waals surface area (Å²) >= 11 is 0. The number of carbonyl (C=O) groups excluding carboxylic acids is 1. The van der Waals surface area contributed by atoms with E-state index in [9.17, 15) is 4.79 Å². The first kappa shape index (κ1) is 24.7. The van der Waals surface area contributed by atoms with E-state index in [2.05, 4.69) is 48.6 Å². The zero-order chi connectivity index (χ0) is 18.7. The summed E-state index contributed by atoms with van der Waals surface area (Å²) in [5, 5.41) is 9.57. The largest absolute Gasteiger partial charge is 0.357 e. The van der Waals surface area contributed by atoms with Crippen LogP contribution in [0, 0.1) is 5.92 Å². The second-order valence-electron chi connectivity index (χ2n) is 6.77. The maximum absolute atomic E-state index is 11.9. The van der Waals surface area contributed by atoms with Crippen LogP contribution >= 0.6 is 24.0 Å². The van der Waals surface area contributed by atoms with Gasteiger partial charge < -0.3 is 16.0 Å². The van der Waals surface area contributed by atoms with Crippen LogP contribution in [0.25, 0.3) is 0 Å². The molecule has 5 nitrogen and oxygen atoms in total. The molecule has 0 fully saturated rings. The van der Waals surface area contributed by atoms with Gasteiger partial charge in [0.2, 0.25) is 0 Å². The molecular formula is C20H35IN4O. The van der Waals surface area contributed by atoms with Crippen LogP contribution in [-0.2, 0) is 6.54 Å². The molecule has 6 heteroatoms. The van der Waals surface area contributed by atoms with Gasteiger partial charge in [-0.25, -0.2) is 4.99 Å². The molecule has 26 heavy (non-hydrogen) atoms. The van der Waals surface area contributed by atoms with Gasteiger partial charge in [0.05, 0.1) is 6.54 Å². The SMILES string of the molecule is CCNC(=O)c1cccc(CN=C(NCC)NC(C)CCC(C)C)c1.I. The number of rotatable bonds is 9. The van der Waals surface area contributed by atoms with Crippen molar-refractivity contribution in [3.8, 4) is 0 Å². The highest BCUT2D eigenvalue weighted by Gasteiger charge is 2.07. The summed E-state index contributed by atoms with van der Waals surface area (Å²) in [6.07, 6.45) is 2.32. The summed E-state index contributed by atoms with van der Waals surface area (Å²) in [6, 6.07) is 8.01. The highest BCUT2D eigenvalue weighted by Crippen LogP contribution is 2.08. The van der Waals surface area contributed by atoms with Crippen LogP contribution in [0.5, 0.6) is 0 Å². The lowest BCUT2D eigenvalue weighted by atomic mass is 10.0. The van der Waals surface area contributed by atoms with Crippen LogP contribution in [0.3, 0.4) is 0 Å². The van der Waals surface area contributed by atoms with Gasteiger partial charge >= 0.3 is 0 Å². The smallest absolute Gasteiger partial charge is 0.251 e. The maximum Gasteiger partial charge on any atom is 0.251 e. The first-order chi connectivity index (χ1) is 12.0. The second-order valence-corrected chi connectivity index (χ2v) is 6.77. The van der Waals surface area contributed by atoms with E-state index < -0.39 is 0 Å². The number of halogens is 1. The van der Waals surface area contributed by atoms with Crippen molar-refractivity contribution in [3.05, 3.63) is 35.4 Å². The number of guanidine groups is 1. The molecule has 0 aliphatic carbocycles. The summed E-state index contributed by atoms with van der Waals surface area (Å²) in [6.45, 7) is 12.6. The lowest BCUT2D eigenvalue weighted by molar-refractivity contribution is 0.0955. The minimum absolute atomic E-state index is 0. The zero-order valence-electron chi connectivity index (χ0n) is 16.8. The minimum Gasteiger partial charge on any atom is -0.357 e. The average molecular weight is 474 g/mol. The van der Waals surface area contributed by atoms with Crippen LogP contribution in [0.2, 0.25) is 0 Å². The van der Waals surface area contributed by atoms with Gasteiger partial charge in [-0.1, -0.05) is 26.0 Å². The summed E-state index contributed by atoms with van der Waals surface area (Å²) in [4.78, 5) is 16.6. The number of benzene rings is 1. The van der Waals surface area contributed by atoms with Crippen LogP contribution in [-0.4, -0.2) is 31.0 Å². The standard InChI is InChI=1S/C20H34N4O.HI/c1-6-21-19(25)18-10-8-9-17(13-18)14-23-20(22-7-2)24-16(5)12-11-15(3)4;/h8-10,13,15-16H,6-7,11-12,14H2,1-5H3,(H,21,25)(H2,22,23,24);1H. The third kappa shape index (κ3) is 9.99. The van der Waals surface area contributed by atoms with E-state index in [1.54, 1.807) is 0 Å². The Morgan fingerprint density at radius 1 is 1.08 bits per heavy atom. The number of hydrogen-bond donors (Lipinski definition) is 3. The van der Waals surface area contributed by atoms with E-state index in [1.807, 2.05) is 31.2 Å². The van der Waals surface area contributed by atoms with E-state index in [1.165, 1.54) is 6.42 Å². The van der Waals surface area contributed by atoms with Crippen molar-refractivity contribution in [1.29, 1.82) is 0 Å². The molecule has 0 aliphatic heterocycles. The fourth-order valence-electron chi connectivity index (χ4n) is 2.45. The molecule has 0 bridgehead atoms. The van der Waals surface area contributed by atoms with Crippen molar-refractivity contribution in [2.75, 3.05) is 13.1 Å². The summed E-state index contributed by atoms with van der Waals surface area (Å²) < 4.78 is 0.